The number of primary amides is 1. The Labute approximate surface area is 132 Å². The second kappa shape index (κ2) is 7.31. The number of guanidine groups is 1. The molecule has 0 bridgehead atoms. The van der Waals surface area contributed by atoms with Gasteiger partial charge in [0, 0.05) is 32.6 Å². The number of halogens is 1. The molecule has 0 spiro atoms. The lowest BCUT2D eigenvalue weighted by atomic mass is 9.95. The van der Waals surface area contributed by atoms with Crippen LogP contribution in [0.1, 0.15) is 32.6 Å². The fraction of sp³-hybridized carbons (Fsp3) is 0.846. The number of rotatable bonds is 3. The average Bonchev–Trinajstić information content (AvgIpc) is 3.01. The maximum Gasteiger partial charge on any atom is 0.217 e. The smallest absolute Gasteiger partial charge is 0.217 e. The number of nitrogens with zero attached hydrogens (tertiary/aromatic N) is 2. The van der Waals surface area contributed by atoms with E-state index in [2.05, 4.69) is 22.1 Å². The molecule has 1 saturated carbocycles. The monoisotopic (exact) mass is 380 g/mol. The molecule has 1 aliphatic carbocycles. The molecular formula is C13H25IN4O. The van der Waals surface area contributed by atoms with Gasteiger partial charge in [0.2, 0.25) is 5.91 Å². The van der Waals surface area contributed by atoms with Gasteiger partial charge >= 0.3 is 0 Å². The fourth-order valence-electron chi connectivity index (χ4n) is 2.69. The van der Waals surface area contributed by atoms with E-state index < -0.39 is 0 Å². The molecule has 3 atom stereocenters. The van der Waals surface area contributed by atoms with E-state index in [-0.39, 0.29) is 29.9 Å². The zero-order valence-corrected chi connectivity index (χ0v) is 14.1. The highest BCUT2D eigenvalue weighted by molar-refractivity contribution is 14.0. The van der Waals surface area contributed by atoms with E-state index in [4.69, 9.17) is 5.73 Å². The molecule has 2 fully saturated rings. The van der Waals surface area contributed by atoms with E-state index in [1.54, 1.807) is 0 Å². The molecular weight excluding hydrogens is 355 g/mol. The summed E-state index contributed by atoms with van der Waals surface area (Å²) in [6.07, 6.45) is 3.93. The molecule has 2 rings (SSSR count). The van der Waals surface area contributed by atoms with Gasteiger partial charge in [0.1, 0.15) is 0 Å². The third-order valence-corrected chi connectivity index (χ3v) is 3.94. The number of aliphatic imine (C=N–C) groups is 1. The lowest BCUT2D eigenvalue weighted by molar-refractivity contribution is -0.119. The number of hydrogen-bond donors (Lipinski definition) is 2. The van der Waals surface area contributed by atoms with Crippen molar-refractivity contribution >= 4 is 35.8 Å². The van der Waals surface area contributed by atoms with Crippen LogP contribution in [0.15, 0.2) is 4.99 Å². The Morgan fingerprint density at radius 1 is 1.53 bits per heavy atom. The predicted octanol–water partition coefficient (Wildman–Crippen LogP) is 1.18. The first-order valence-corrected chi connectivity index (χ1v) is 6.86. The van der Waals surface area contributed by atoms with Gasteiger partial charge in [-0.3, -0.25) is 9.79 Å². The highest BCUT2D eigenvalue weighted by Crippen LogP contribution is 2.29. The molecule has 3 N–H and O–H groups in total. The van der Waals surface area contributed by atoms with Crippen molar-refractivity contribution in [1.82, 2.24) is 10.2 Å². The minimum absolute atomic E-state index is 0. The van der Waals surface area contributed by atoms with Crippen molar-refractivity contribution in [2.45, 2.75) is 38.6 Å². The van der Waals surface area contributed by atoms with E-state index in [1.165, 1.54) is 6.42 Å². The van der Waals surface area contributed by atoms with Gasteiger partial charge in [-0.15, -0.1) is 24.0 Å². The van der Waals surface area contributed by atoms with Crippen molar-refractivity contribution < 1.29 is 4.79 Å². The van der Waals surface area contributed by atoms with E-state index >= 15 is 0 Å². The summed E-state index contributed by atoms with van der Waals surface area (Å²) < 4.78 is 0. The number of amides is 1. The number of nitrogens with one attached hydrogen (secondary N) is 1. The van der Waals surface area contributed by atoms with Crippen LogP contribution >= 0.6 is 24.0 Å². The van der Waals surface area contributed by atoms with Crippen LogP contribution < -0.4 is 11.1 Å². The van der Waals surface area contributed by atoms with Crippen LogP contribution in [-0.4, -0.2) is 42.9 Å². The zero-order valence-electron chi connectivity index (χ0n) is 11.8. The summed E-state index contributed by atoms with van der Waals surface area (Å²) >= 11 is 0. The Hall–Kier alpha value is -0.530. The van der Waals surface area contributed by atoms with Crippen LogP contribution in [0.4, 0.5) is 0 Å². The molecule has 1 saturated heterocycles. The third kappa shape index (κ3) is 4.81. The Bertz CT molecular complexity index is 348. The summed E-state index contributed by atoms with van der Waals surface area (Å²) in [5.74, 6) is 1.93. The Morgan fingerprint density at radius 2 is 2.21 bits per heavy atom. The third-order valence-electron chi connectivity index (χ3n) is 3.94. The molecule has 1 amide bonds. The van der Waals surface area contributed by atoms with Crippen LogP contribution in [0.3, 0.4) is 0 Å². The topological polar surface area (TPSA) is 70.7 Å². The number of hydrogen-bond acceptors (Lipinski definition) is 2. The second-order valence-corrected chi connectivity index (χ2v) is 5.64. The maximum atomic E-state index is 11.0. The quantitative estimate of drug-likeness (QED) is 0.439. The molecule has 3 unspecified atom stereocenters. The van der Waals surface area contributed by atoms with E-state index in [0.717, 1.165) is 37.8 Å². The molecule has 2 aliphatic rings. The Kier molecular flexibility index (Phi) is 6.35. The highest BCUT2D eigenvalue weighted by Gasteiger charge is 2.34. The van der Waals surface area contributed by atoms with Crippen molar-refractivity contribution in [2.24, 2.45) is 22.6 Å². The van der Waals surface area contributed by atoms with Gasteiger partial charge in [-0.1, -0.05) is 6.92 Å². The molecule has 1 aliphatic heterocycles. The van der Waals surface area contributed by atoms with Crippen LogP contribution in [0.2, 0.25) is 0 Å². The number of carbonyl (C=O) groups is 1. The lowest BCUT2D eigenvalue weighted by Gasteiger charge is -2.34. The number of piperidine rings is 1. The van der Waals surface area contributed by atoms with Gasteiger partial charge in [-0.2, -0.15) is 0 Å². The minimum atomic E-state index is -0.194. The largest absolute Gasteiger partial charge is 0.370 e. The zero-order chi connectivity index (χ0) is 13.1. The van der Waals surface area contributed by atoms with Gasteiger partial charge in [0.25, 0.3) is 0 Å². The number of carbonyl (C=O) groups excluding carboxylic acids is 1. The van der Waals surface area contributed by atoms with Crippen LogP contribution in [-0.2, 0) is 4.79 Å². The van der Waals surface area contributed by atoms with Crippen molar-refractivity contribution in [3.05, 3.63) is 0 Å². The Morgan fingerprint density at radius 3 is 2.74 bits per heavy atom. The van der Waals surface area contributed by atoms with Gasteiger partial charge in [-0.25, -0.2) is 0 Å². The second-order valence-electron chi connectivity index (χ2n) is 5.64. The molecule has 1 heterocycles. The van der Waals surface area contributed by atoms with Gasteiger partial charge < -0.3 is 16.0 Å². The van der Waals surface area contributed by atoms with Crippen molar-refractivity contribution in [3.63, 3.8) is 0 Å². The highest BCUT2D eigenvalue weighted by atomic mass is 127. The minimum Gasteiger partial charge on any atom is -0.370 e. The predicted molar refractivity (Wildman–Crippen MR) is 87.6 cm³/mol. The summed E-state index contributed by atoms with van der Waals surface area (Å²) in [5.41, 5.74) is 5.28. The van der Waals surface area contributed by atoms with Gasteiger partial charge in [-0.05, 0) is 31.1 Å². The molecule has 0 aromatic heterocycles. The summed E-state index contributed by atoms with van der Waals surface area (Å²) in [4.78, 5) is 17.6. The first kappa shape index (κ1) is 16.5. The fourth-order valence-corrected chi connectivity index (χ4v) is 2.69. The molecule has 6 heteroatoms. The molecule has 0 aromatic rings. The number of likely N-dealkylation sites (tertiary alicyclic amines) is 1. The van der Waals surface area contributed by atoms with Gasteiger partial charge in [0.15, 0.2) is 5.96 Å². The molecule has 19 heavy (non-hydrogen) atoms. The van der Waals surface area contributed by atoms with Crippen molar-refractivity contribution in [1.29, 1.82) is 0 Å². The van der Waals surface area contributed by atoms with Crippen molar-refractivity contribution in [2.75, 3.05) is 20.1 Å². The SMILES string of the molecule is CN=C(NC1CC1C)N1CCCC(CC(N)=O)C1.I. The molecule has 5 nitrogen and oxygen atoms in total. The molecule has 110 valence electrons. The average molecular weight is 380 g/mol. The lowest BCUT2D eigenvalue weighted by Crippen LogP contribution is -2.48. The summed E-state index contributed by atoms with van der Waals surface area (Å²) in [6, 6.07) is 0.584. The maximum absolute atomic E-state index is 11.0. The van der Waals surface area contributed by atoms with Crippen LogP contribution in [0, 0.1) is 11.8 Å². The summed E-state index contributed by atoms with van der Waals surface area (Å²) in [6.45, 7) is 4.16. The standard InChI is InChI=1S/C13H24N4O.HI/c1-9-6-11(9)16-13(15-2)17-5-3-4-10(8-17)7-12(14)18;/h9-11H,3-8H2,1-2H3,(H2,14,18)(H,15,16);1H. The molecule has 0 aromatic carbocycles. The van der Waals surface area contributed by atoms with Crippen molar-refractivity contribution in [3.8, 4) is 0 Å². The number of nitrogens with two attached hydrogens (primary N) is 1. The van der Waals surface area contributed by atoms with Crippen LogP contribution in [0.5, 0.6) is 0 Å². The van der Waals surface area contributed by atoms with E-state index in [9.17, 15) is 4.79 Å². The van der Waals surface area contributed by atoms with Crippen LogP contribution in [0.25, 0.3) is 0 Å². The normalized spacial score (nSPS) is 30.5. The summed E-state index contributed by atoms with van der Waals surface area (Å²) in [5, 5.41) is 3.49. The van der Waals surface area contributed by atoms with Gasteiger partial charge in [0.05, 0.1) is 0 Å². The first-order valence-electron chi connectivity index (χ1n) is 6.86. The van der Waals surface area contributed by atoms with E-state index in [0.29, 0.717) is 18.4 Å². The molecule has 0 radical (unpaired) electrons. The first-order chi connectivity index (χ1) is 8.60. The Balaban J connectivity index is 0.00000180. The van der Waals surface area contributed by atoms with E-state index in [1.807, 2.05) is 7.05 Å². The summed E-state index contributed by atoms with van der Waals surface area (Å²) in [7, 11) is 1.83.